The Kier molecular flexibility index (Phi) is 7.63. The molecule has 0 spiro atoms. The highest BCUT2D eigenvalue weighted by atomic mass is 32.2. The summed E-state index contributed by atoms with van der Waals surface area (Å²) in [6.07, 6.45) is 1.23. The molecule has 174 valence electrons. The second-order valence-corrected chi connectivity index (χ2v) is 11.7. The van der Waals surface area contributed by atoms with Crippen LogP contribution in [0.25, 0.3) is 0 Å². The van der Waals surface area contributed by atoms with Crippen LogP contribution in [0.1, 0.15) is 18.4 Å². The van der Waals surface area contributed by atoms with E-state index in [-0.39, 0.29) is 17.3 Å². The number of rotatable bonds is 8. The number of aromatic nitrogens is 2. The van der Waals surface area contributed by atoms with Gasteiger partial charge in [0.15, 0.2) is 4.34 Å². The molecule has 2 aromatic carbocycles. The van der Waals surface area contributed by atoms with E-state index in [2.05, 4.69) is 15.5 Å². The normalized spacial score (nSPS) is 16.9. The van der Waals surface area contributed by atoms with Gasteiger partial charge in [-0.25, -0.2) is 8.42 Å². The van der Waals surface area contributed by atoms with Crippen LogP contribution >= 0.6 is 23.1 Å². The Bertz CT molecular complexity index is 1180. The van der Waals surface area contributed by atoms with Crippen molar-refractivity contribution < 1.29 is 17.9 Å². The van der Waals surface area contributed by atoms with Crippen molar-refractivity contribution >= 4 is 44.2 Å². The zero-order chi connectivity index (χ0) is 23.3. The van der Waals surface area contributed by atoms with Crippen LogP contribution < -0.4 is 10.1 Å². The highest BCUT2D eigenvalue weighted by Gasteiger charge is 2.33. The number of nitrogens with one attached hydrogen (secondary N) is 1. The third kappa shape index (κ3) is 5.91. The molecule has 1 saturated heterocycles. The van der Waals surface area contributed by atoms with Crippen LogP contribution in [0.4, 0.5) is 5.13 Å². The van der Waals surface area contributed by atoms with Crippen LogP contribution in [0, 0.1) is 5.92 Å². The molecule has 0 radical (unpaired) electrons. The smallest absolute Gasteiger partial charge is 0.243 e. The van der Waals surface area contributed by atoms with E-state index in [1.165, 1.54) is 40.4 Å². The Morgan fingerprint density at radius 3 is 2.67 bits per heavy atom. The highest BCUT2D eigenvalue weighted by Crippen LogP contribution is 2.30. The first-order valence-electron chi connectivity index (χ1n) is 10.4. The van der Waals surface area contributed by atoms with Crippen molar-refractivity contribution in [2.45, 2.75) is 27.8 Å². The molecule has 33 heavy (non-hydrogen) atoms. The minimum Gasteiger partial charge on any atom is -0.497 e. The first-order chi connectivity index (χ1) is 16.0. The molecule has 0 saturated carbocycles. The molecular formula is C22H24N4O4S3. The number of carbonyl (C=O) groups excluding carboxylic acids is 1. The van der Waals surface area contributed by atoms with Gasteiger partial charge in [-0.1, -0.05) is 53.4 Å². The lowest BCUT2D eigenvalue weighted by Crippen LogP contribution is -2.43. The molecule has 1 aromatic heterocycles. The maximum atomic E-state index is 13.0. The summed E-state index contributed by atoms with van der Waals surface area (Å²) < 4.78 is 33.3. The third-order valence-corrected chi connectivity index (χ3v) is 9.22. The fraction of sp³-hybridized carbons (Fsp3) is 0.318. The second kappa shape index (κ2) is 10.6. The molecule has 0 bridgehead atoms. The lowest BCUT2D eigenvalue weighted by molar-refractivity contribution is -0.120. The number of hydrogen-bond donors (Lipinski definition) is 1. The number of methoxy groups -OCH3 is 1. The summed E-state index contributed by atoms with van der Waals surface area (Å²) in [5, 5.41) is 11.4. The zero-order valence-corrected chi connectivity index (χ0v) is 20.5. The summed E-state index contributed by atoms with van der Waals surface area (Å²) >= 11 is 2.87. The average Bonchev–Trinajstić information content (AvgIpc) is 3.30. The molecule has 2 heterocycles. The van der Waals surface area contributed by atoms with Crippen molar-refractivity contribution in [1.29, 1.82) is 0 Å². The van der Waals surface area contributed by atoms with Crippen LogP contribution in [0.3, 0.4) is 0 Å². The minimum atomic E-state index is -3.69. The quantitative estimate of drug-likeness (QED) is 0.367. The van der Waals surface area contributed by atoms with Crippen LogP contribution in [-0.2, 0) is 20.6 Å². The van der Waals surface area contributed by atoms with Gasteiger partial charge in [-0.15, -0.1) is 10.2 Å². The maximum Gasteiger partial charge on any atom is 0.243 e. The van der Waals surface area contributed by atoms with E-state index in [9.17, 15) is 13.2 Å². The van der Waals surface area contributed by atoms with Crippen molar-refractivity contribution in [1.82, 2.24) is 14.5 Å². The van der Waals surface area contributed by atoms with Crippen LogP contribution in [0.15, 0.2) is 63.8 Å². The fourth-order valence-corrected chi connectivity index (χ4v) is 6.75. The number of nitrogens with zero attached hydrogens (tertiary/aromatic N) is 3. The molecule has 1 atom stereocenters. The molecule has 11 heteroatoms. The molecule has 4 rings (SSSR count). The summed E-state index contributed by atoms with van der Waals surface area (Å²) in [6, 6.07) is 16.3. The van der Waals surface area contributed by atoms with Gasteiger partial charge in [0, 0.05) is 18.8 Å². The number of carbonyl (C=O) groups is 1. The van der Waals surface area contributed by atoms with Crippen molar-refractivity contribution in [2.24, 2.45) is 5.92 Å². The number of hydrogen-bond acceptors (Lipinski definition) is 8. The summed E-state index contributed by atoms with van der Waals surface area (Å²) in [5.74, 6) is 0.671. The minimum absolute atomic E-state index is 0.134. The molecule has 1 aliphatic rings. The number of sulfonamides is 1. The number of ether oxygens (including phenoxy) is 1. The topological polar surface area (TPSA) is 101 Å². The fourth-order valence-electron chi connectivity index (χ4n) is 3.52. The Morgan fingerprint density at radius 1 is 1.18 bits per heavy atom. The second-order valence-electron chi connectivity index (χ2n) is 7.51. The van der Waals surface area contributed by atoms with Crippen LogP contribution in [-0.4, -0.2) is 49.0 Å². The predicted octanol–water partition coefficient (Wildman–Crippen LogP) is 3.88. The van der Waals surface area contributed by atoms with E-state index >= 15 is 0 Å². The van der Waals surface area contributed by atoms with Crippen LogP contribution in [0.5, 0.6) is 5.75 Å². The third-order valence-electron chi connectivity index (χ3n) is 5.29. The Labute approximate surface area is 201 Å². The summed E-state index contributed by atoms with van der Waals surface area (Å²) in [6.45, 7) is 0.520. The van der Waals surface area contributed by atoms with Gasteiger partial charge in [0.1, 0.15) is 5.75 Å². The Morgan fingerprint density at radius 2 is 1.94 bits per heavy atom. The number of thioether (sulfide) groups is 1. The summed E-state index contributed by atoms with van der Waals surface area (Å²) in [7, 11) is -2.16. The van der Waals surface area contributed by atoms with Gasteiger partial charge >= 0.3 is 0 Å². The molecule has 8 nitrogen and oxygen atoms in total. The van der Waals surface area contributed by atoms with Gasteiger partial charge in [0.2, 0.25) is 21.1 Å². The SMILES string of the molecule is COc1ccc(S(=O)(=O)N2CCC[C@H](C(=O)Nc3nnc(SCc4ccccc4)s3)C2)cc1. The van der Waals surface area contributed by atoms with Gasteiger partial charge in [-0.2, -0.15) is 4.31 Å². The largest absolute Gasteiger partial charge is 0.497 e. The molecule has 1 fully saturated rings. The van der Waals surface area contributed by atoms with Gasteiger partial charge < -0.3 is 10.1 Å². The standard InChI is InChI=1S/C22H24N4O4S3/c1-30-18-9-11-19(12-10-18)33(28,29)26-13-5-8-17(14-26)20(27)23-21-24-25-22(32-21)31-15-16-6-3-2-4-7-16/h2-4,6-7,9-12,17H,5,8,13-15H2,1H3,(H,23,24,27)/t17-/m0/s1. The van der Waals surface area contributed by atoms with Crippen molar-refractivity contribution in [2.75, 3.05) is 25.5 Å². The zero-order valence-electron chi connectivity index (χ0n) is 18.0. The Hall–Kier alpha value is -2.47. The van der Waals surface area contributed by atoms with E-state index in [0.717, 1.165) is 10.1 Å². The lowest BCUT2D eigenvalue weighted by Gasteiger charge is -2.31. The predicted molar refractivity (Wildman–Crippen MR) is 129 cm³/mol. The Balaban J connectivity index is 1.35. The maximum absolute atomic E-state index is 13.0. The molecule has 1 amide bonds. The number of anilines is 1. The summed E-state index contributed by atoms with van der Waals surface area (Å²) in [5.41, 5.74) is 1.18. The highest BCUT2D eigenvalue weighted by molar-refractivity contribution is 8.00. The van der Waals surface area contributed by atoms with E-state index in [1.54, 1.807) is 23.9 Å². The molecule has 1 aliphatic heterocycles. The van der Waals surface area contributed by atoms with E-state index in [4.69, 9.17) is 4.74 Å². The number of benzene rings is 2. The molecule has 0 aliphatic carbocycles. The molecule has 1 N–H and O–H groups in total. The first kappa shape index (κ1) is 23.7. The van der Waals surface area contributed by atoms with Gasteiger partial charge in [-0.3, -0.25) is 4.79 Å². The monoisotopic (exact) mass is 504 g/mol. The van der Waals surface area contributed by atoms with Gasteiger partial charge in [-0.05, 0) is 42.7 Å². The molecule has 3 aromatic rings. The van der Waals surface area contributed by atoms with Gasteiger partial charge in [0.05, 0.1) is 17.9 Å². The molecular weight excluding hydrogens is 480 g/mol. The average molecular weight is 505 g/mol. The number of piperidine rings is 1. The first-order valence-corrected chi connectivity index (χ1v) is 13.7. The van der Waals surface area contributed by atoms with E-state index in [0.29, 0.717) is 30.3 Å². The molecule has 0 unspecified atom stereocenters. The van der Waals surface area contributed by atoms with Crippen molar-refractivity contribution in [3.8, 4) is 5.75 Å². The summed E-state index contributed by atoms with van der Waals surface area (Å²) in [4.78, 5) is 13.0. The van der Waals surface area contributed by atoms with E-state index in [1.807, 2.05) is 30.3 Å². The van der Waals surface area contributed by atoms with E-state index < -0.39 is 15.9 Å². The number of amides is 1. The van der Waals surface area contributed by atoms with Crippen LogP contribution in [0.2, 0.25) is 0 Å². The van der Waals surface area contributed by atoms with Crippen molar-refractivity contribution in [3.05, 3.63) is 60.2 Å². The van der Waals surface area contributed by atoms with Crippen molar-refractivity contribution in [3.63, 3.8) is 0 Å². The van der Waals surface area contributed by atoms with Gasteiger partial charge in [0.25, 0.3) is 0 Å². The lowest BCUT2D eigenvalue weighted by atomic mass is 9.99.